The van der Waals surface area contributed by atoms with Gasteiger partial charge in [0.2, 0.25) is 13.4 Å². The van der Waals surface area contributed by atoms with Crippen molar-refractivity contribution in [2.24, 2.45) is 4.76 Å². The van der Waals surface area contributed by atoms with Crippen molar-refractivity contribution in [3.8, 4) is 0 Å². The van der Waals surface area contributed by atoms with Crippen LogP contribution in [0.3, 0.4) is 0 Å². The maximum absolute atomic E-state index is 11.0. The van der Waals surface area contributed by atoms with E-state index >= 15 is 0 Å². The van der Waals surface area contributed by atoms with Crippen molar-refractivity contribution >= 4 is 13.4 Å². The van der Waals surface area contributed by atoms with Gasteiger partial charge in [-0.2, -0.15) is 0 Å². The molecule has 0 heterocycles. The van der Waals surface area contributed by atoms with E-state index in [-0.39, 0.29) is 0 Å². The van der Waals surface area contributed by atoms with Gasteiger partial charge in [0.25, 0.3) is 0 Å². The Labute approximate surface area is 53.9 Å². The predicted octanol–water partition coefficient (Wildman–Crippen LogP) is 1.76. The summed E-state index contributed by atoms with van der Waals surface area (Å²) in [4.78, 5) is 9.63. The lowest BCUT2D eigenvalue weighted by Crippen LogP contribution is -1.73. The Bertz CT molecular complexity index is 193. The highest BCUT2D eigenvalue weighted by Gasteiger charge is 2.10. The van der Waals surface area contributed by atoms with Crippen LogP contribution in [0.1, 0.15) is 6.92 Å². The lowest BCUT2D eigenvalue weighted by molar-refractivity contribution is 0.563. The third-order valence-electron chi connectivity index (χ3n) is 0.948. The highest BCUT2D eigenvalue weighted by atomic mass is 31.2. The zero-order valence-corrected chi connectivity index (χ0v) is 6.10. The second kappa shape index (κ2) is 3.39. The minimum Gasteiger partial charge on any atom is -0.293 e. The van der Waals surface area contributed by atoms with E-state index in [1.807, 2.05) is 0 Å². The van der Waals surface area contributed by atoms with Gasteiger partial charge in [-0.3, -0.25) is 4.57 Å². The van der Waals surface area contributed by atoms with Crippen LogP contribution in [0.4, 0.5) is 0 Å². The predicted molar refractivity (Wildman–Crippen MR) is 36.5 cm³/mol. The molecule has 1 atom stereocenters. The van der Waals surface area contributed by atoms with E-state index in [0.29, 0.717) is 6.16 Å². The summed E-state index contributed by atoms with van der Waals surface area (Å²) in [7, 11) is -2.72. The fourth-order valence-electron chi connectivity index (χ4n) is 0.310. The van der Waals surface area contributed by atoms with Gasteiger partial charge in [0.05, 0.1) is 0 Å². The molecule has 0 aliphatic carbocycles. The molecule has 0 aromatic carbocycles. The average Bonchev–Trinajstić information content (AvgIpc) is 1.89. The van der Waals surface area contributed by atoms with Crippen LogP contribution in [0.15, 0.2) is 17.2 Å². The molecule has 50 valence electrons. The lowest BCUT2D eigenvalue weighted by Gasteiger charge is -1.97. The standard InChI is InChI=1S/C5H8NO2P/c1-3-9(8,4-2)6-5-7/h3H,1,4H2,2H3. The smallest absolute Gasteiger partial charge is 0.242 e. The average molecular weight is 145 g/mol. The van der Waals surface area contributed by atoms with E-state index in [1.165, 1.54) is 11.9 Å². The Kier molecular flexibility index (Phi) is 3.15. The van der Waals surface area contributed by atoms with Crippen molar-refractivity contribution in [3.05, 3.63) is 12.4 Å². The van der Waals surface area contributed by atoms with Gasteiger partial charge in [-0.05, 0) is 5.82 Å². The molecule has 0 N–H and O–H groups in total. The molecule has 4 heteroatoms. The van der Waals surface area contributed by atoms with Crippen molar-refractivity contribution in [2.45, 2.75) is 6.92 Å². The van der Waals surface area contributed by atoms with Crippen LogP contribution in [0.5, 0.6) is 0 Å². The van der Waals surface area contributed by atoms with Crippen LogP contribution in [-0.2, 0) is 9.36 Å². The highest BCUT2D eigenvalue weighted by molar-refractivity contribution is 7.65. The molecule has 0 aliphatic rings. The van der Waals surface area contributed by atoms with E-state index in [9.17, 15) is 9.36 Å². The maximum atomic E-state index is 11.0. The van der Waals surface area contributed by atoms with Crippen LogP contribution < -0.4 is 0 Å². The molecule has 3 nitrogen and oxygen atoms in total. The Morgan fingerprint density at radius 2 is 2.44 bits per heavy atom. The maximum Gasteiger partial charge on any atom is 0.242 e. The molecule has 0 saturated heterocycles. The first-order chi connectivity index (χ1) is 4.18. The molecule has 0 radical (unpaired) electrons. The van der Waals surface area contributed by atoms with Crippen molar-refractivity contribution in [1.29, 1.82) is 0 Å². The Balaban J connectivity index is 4.48. The number of rotatable bonds is 3. The highest BCUT2D eigenvalue weighted by Crippen LogP contribution is 2.46. The normalized spacial score (nSPS) is 15.2. The number of hydrogen-bond donors (Lipinski definition) is 0. The molecule has 0 aromatic heterocycles. The molecule has 1 unspecified atom stereocenters. The summed E-state index contributed by atoms with van der Waals surface area (Å²) >= 11 is 0. The summed E-state index contributed by atoms with van der Waals surface area (Å²) in [6.45, 7) is 4.97. The fraction of sp³-hybridized carbons (Fsp3) is 0.400. The van der Waals surface area contributed by atoms with Gasteiger partial charge >= 0.3 is 0 Å². The van der Waals surface area contributed by atoms with Crippen LogP contribution in [0, 0.1) is 0 Å². The molecular weight excluding hydrogens is 137 g/mol. The molecule has 0 amide bonds. The molecule has 0 spiro atoms. The zero-order valence-electron chi connectivity index (χ0n) is 5.20. The van der Waals surface area contributed by atoms with Gasteiger partial charge < -0.3 is 0 Å². The van der Waals surface area contributed by atoms with Gasteiger partial charge in [0.1, 0.15) is 0 Å². The summed E-state index contributed by atoms with van der Waals surface area (Å²) < 4.78 is 14.1. The van der Waals surface area contributed by atoms with E-state index in [4.69, 9.17) is 0 Å². The molecular formula is C5H8NO2P. The van der Waals surface area contributed by atoms with Crippen molar-refractivity contribution in [3.63, 3.8) is 0 Å². The van der Waals surface area contributed by atoms with Crippen LogP contribution in [-0.4, -0.2) is 12.2 Å². The van der Waals surface area contributed by atoms with Gasteiger partial charge in [0, 0.05) is 6.16 Å². The summed E-state index contributed by atoms with van der Waals surface area (Å²) in [5, 5.41) is 0. The SMILES string of the molecule is C=CP(=O)(CC)N=C=O. The Morgan fingerprint density at radius 3 is 2.56 bits per heavy atom. The Morgan fingerprint density at radius 1 is 1.89 bits per heavy atom. The van der Waals surface area contributed by atoms with Crippen molar-refractivity contribution < 1.29 is 9.36 Å². The monoisotopic (exact) mass is 145 g/mol. The summed E-state index contributed by atoms with van der Waals surface area (Å²) in [6, 6.07) is 0. The molecule has 0 fully saturated rings. The second-order valence-electron chi connectivity index (χ2n) is 1.45. The van der Waals surface area contributed by atoms with Gasteiger partial charge in [-0.15, -0.1) is 4.76 Å². The first-order valence-electron chi connectivity index (χ1n) is 2.50. The minimum atomic E-state index is -2.72. The first-order valence-corrected chi connectivity index (χ1v) is 4.41. The Hall–Kier alpha value is -0.650. The topological polar surface area (TPSA) is 46.5 Å². The first kappa shape index (κ1) is 8.35. The van der Waals surface area contributed by atoms with Gasteiger partial charge in [-0.1, -0.05) is 13.5 Å². The van der Waals surface area contributed by atoms with E-state index < -0.39 is 7.29 Å². The minimum absolute atomic E-state index is 0.339. The fourth-order valence-corrected chi connectivity index (χ4v) is 0.929. The number of carbonyl (C=O) groups excluding carboxylic acids is 1. The summed E-state index contributed by atoms with van der Waals surface area (Å²) in [5.41, 5.74) is 0. The van der Waals surface area contributed by atoms with E-state index in [2.05, 4.69) is 11.3 Å². The third kappa shape index (κ3) is 2.41. The zero-order chi connectivity index (χ0) is 7.33. The molecule has 0 saturated carbocycles. The third-order valence-corrected chi connectivity index (χ3v) is 2.85. The number of isocyanates is 1. The van der Waals surface area contributed by atoms with Crippen LogP contribution in [0.25, 0.3) is 0 Å². The van der Waals surface area contributed by atoms with E-state index in [1.54, 1.807) is 6.92 Å². The molecule has 9 heavy (non-hydrogen) atoms. The molecule has 0 bridgehead atoms. The number of nitrogens with zero attached hydrogens (tertiary/aromatic N) is 1. The van der Waals surface area contributed by atoms with Crippen molar-refractivity contribution in [1.82, 2.24) is 0 Å². The number of hydrogen-bond acceptors (Lipinski definition) is 2. The van der Waals surface area contributed by atoms with Crippen LogP contribution >= 0.6 is 7.29 Å². The summed E-state index contributed by atoms with van der Waals surface area (Å²) in [6.07, 6.45) is 1.59. The second-order valence-corrected chi connectivity index (χ2v) is 4.15. The molecule has 0 aromatic rings. The van der Waals surface area contributed by atoms with Gasteiger partial charge in [0.15, 0.2) is 0 Å². The van der Waals surface area contributed by atoms with Gasteiger partial charge in [-0.25, -0.2) is 4.79 Å². The molecule has 0 rings (SSSR count). The van der Waals surface area contributed by atoms with E-state index in [0.717, 1.165) is 0 Å². The quantitative estimate of drug-likeness (QED) is 0.345. The van der Waals surface area contributed by atoms with Crippen LogP contribution in [0.2, 0.25) is 0 Å². The molecule has 0 aliphatic heterocycles. The van der Waals surface area contributed by atoms with Crippen molar-refractivity contribution in [2.75, 3.05) is 6.16 Å². The summed E-state index contributed by atoms with van der Waals surface area (Å²) in [5.74, 6) is 1.21. The lowest BCUT2D eigenvalue weighted by atomic mass is 11.0. The largest absolute Gasteiger partial charge is 0.293 e.